The van der Waals surface area contributed by atoms with Gasteiger partial charge in [-0.1, -0.05) is 101 Å². The number of nitrogens with two attached hydrogens (primary N) is 4. The van der Waals surface area contributed by atoms with Gasteiger partial charge >= 0.3 is 0 Å². The molecule has 2 fully saturated rings. The number of hydrogen-bond acceptors (Lipinski definition) is 20. The number of guanidine groups is 1. The molecular formula is C76H113N21O18. The van der Waals surface area contributed by atoms with Crippen LogP contribution in [0.25, 0.3) is 10.9 Å². The molecule has 4 aromatic rings. The van der Waals surface area contributed by atoms with E-state index in [4.69, 9.17) is 22.9 Å². The third-order valence-electron chi connectivity index (χ3n) is 19.5. The molecule has 39 nitrogen and oxygen atoms in total. The standard InChI is InChI=1S/C76H113N21O18/c1-4-6-8-9-13-26-61(102)85-39-63(104)87-58(41-98)72(112)90-53(27-29-60(77)101)68(108)94-57(35-46-38-81-42-86-46)71(111)96-64(43(3)99)74(114)91-51(22-7-5-2)66(106)92-54-28-30-62(103)82-31-17-16-24-50(65(78)105)88-70(110)56(34-45-37-84-49-23-15-14-21-48(45)49)93-67(107)52(25-18-32-83-76(79)80)89-69(109)55(33-44-19-11-10-12-20-44)95-73(113)59-36-47(100)40-97(59)75(54)115/h10-12,14-15,19-21,23,37-38,42-43,47,50-59,64,84,98-100H,4-9,13,16-18,22,24-36,39-41H2,1-3H3,(H2,77,101)(H2,78,105)(H,81,86)(H,82,103)(H,85,102)(H,87,104)(H,88,110)(H,89,109)(H,90,112)(H,91,114)(H,92,106)(H,93,107)(H,94,108)(H,95,113)(H,96,111)(H4,79,80,83)/t43?,47-,50+,51+,52+,53-,54+,55-,56+,57+,58+,59+,64+/m1/s1. The van der Waals surface area contributed by atoms with E-state index in [-0.39, 0.29) is 89.0 Å². The number of rotatable bonds is 38. The number of para-hydroxylation sites is 1. The van der Waals surface area contributed by atoms with Gasteiger partial charge in [0.05, 0.1) is 31.7 Å². The summed E-state index contributed by atoms with van der Waals surface area (Å²) in [4.78, 5) is 226. The van der Waals surface area contributed by atoms with E-state index < -0.39 is 225 Å². The van der Waals surface area contributed by atoms with Gasteiger partial charge in [-0.15, -0.1) is 0 Å². The fourth-order valence-electron chi connectivity index (χ4n) is 13.2. The Balaban J connectivity index is 1.26. The van der Waals surface area contributed by atoms with E-state index >= 15 is 4.79 Å². The van der Waals surface area contributed by atoms with Gasteiger partial charge < -0.3 is 117 Å². The molecule has 0 radical (unpaired) electrons. The van der Waals surface area contributed by atoms with E-state index in [2.05, 4.69) is 83.7 Å². The zero-order valence-corrected chi connectivity index (χ0v) is 65.1. The fourth-order valence-corrected chi connectivity index (χ4v) is 13.2. The fraction of sp³-hybridized carbons (Fsp3) is 0.566. The number of nitrogens with one attached hydrogen (secondary N) is 14. The van der Waals surface area contributed by atoms with Crippen LogP contribution < -0.4 is 86.7 Å². The number of benzene rings is 2. The number of hydrogen-bond donors (Lipinski definition) is 21. The quantitative estimate of drug-likeness (QED) is 0.0115. The molecule has 115 heavy (non-hydrogen) atoms. The number of primary amides is 2. The Morgan fingerprint density at radius 1 is 0.652 bits per heavy atom. The summed E-state index contributed by atoms with van der Waals surface area (Å²) in [6.45, 7) is 2.86. The maximum Gasteiger partial charge on any atom is 0.245 e. The molecule has 6 rings (SSSR count). The first-order valence-electron chi connectivity index (χ1n) is 39.0. The van der Waals surface area contributed by atoms with Crippen LogP contribution in [0.1, 0.15) is 160 Å². The van der Waals surface area contributed by atoms with Crippen molar-refractivity contribution in [1.82, 2.24) is 83.7 Å². The van der Waals surface area contributed by atoms with Crippen LogP contribution in [-0.4, -0.2) is 241 Å². The van der Waals surface area contributed by atoms with Gasteiger partial charge in [0, 0.05) is 93.6 Å². The minimum atomic E-state index is -1.93. The average Bonchev–Trinajstić information content (AvgIpc) is 1.70. The van der Waals surface area contributed by atoms with Crippen LogP contribution in [0.5, 0.6) is 0 Å². The SMILES string of the molecule is CCCCCCCC(=O)NCC(=O)N[C@@H](CO)C(=O)N[C@H](CCC(N)=O)C(=O)N[C@@H](Cc1cnc[nH]1)C(=O)N[C@H](C(=O)N[C@@H](CCCC)C(=O)N[C@H]1CCC(=O)NCCCC[C@@H](C(N)=O)NC(=O)[C@H](Cc2c[nH]c3ccccc23)NC(=O)[C@H](CCCN=C(N)N)NC(=O)[C@@H](Cc2ccccc2)NC(=O)[C@@H]2C[C@@H](O)CN2C1=O)C(C)O. The number of aromatic amines is 2. The van der Waals surface area contributed by atoms with Crippen LogP contribution in [-0.2, 0) is 91.2 Å². The Morgan fingerprint density at radius 2 is 1.30 bits per heavy atom. The van der Waals surface area contributed by atoms with E-state index in [9.17, 15) is 82.4 Å². The van der Waals surface area contributed by atoms with Gasteiger partial charge in [0.2, 0.25) is 88.6 Å². The van der Waals surface area contributed by atoms with Gasteiger partial charge in [0.25, 0.3) is 0 Å². The Hall–Kier alpha value is -11.6. The number of nitrogens with zero attached hydrogens (tertiary/aromatic N) is 3. The van der Waals surface area contributed by atoms with Crippen LogP contribution in [0, 0.1) is 0 Å². The smallest absolute Gasteiger partial charge is 0.245 e. The molecular weight excluding hydrogens is 1490 g/mol. The van der Waals surface area contributed by atoms with Crippen molar-refractivity contribution in [2.24, 2.45) is 27.9 Å². The first-order chi connectivity index (χ1) is 55.0. The van der Waals surface area contributed by atoms with Gasteiger partial charge in [0.1, 0.15) is 66.5 Å². The maximum absolute atomic E-state index is 15.3. The lowest BCUT2D eigenvalue weighted by Gasteiger charge is -2.31. The molecule has 2 aromatic heterocycles. The van der Waals surface area contributed by atoms with Crippen LogP contribution in [0.15, 0.2) is 78.3 Å². The minimum Gasteiger partial charge on any atom is -0.394 e. The number of unbranched alkanes of at least 4 members (excludes halogenated alkanes) is 5. The normalized spacial score (nSPS) is 20.4. The van der Waals surface area contributed by atoms with Crippen molar-refractivity contribution in [3.63, 3.8) is 0 Å². The Morgan fingerprint density at radius 3 is 1.98 bits per heavy atom. The zero-order valence-electron chi connectivity index (χ0n) is 65.1. The monoisotopic (exact) mass is 1610 g/mol. The lowest BCUT2D eigenvalue weighted by atomic mass is 10.0. The molecule has 2 aliphatic rings. The van der Waals surface area contributed by atoms with Crippen LogP contribution in [0.4, 0.5) is 0 Å². The molecule has 1 unspecified atom stereocenters. The van der Waals surface area contributed by atoms with Crippen molar-refractivity contribution in [1.29, 1.82) is 0 Å². The van der Waals surface area contributed by atoms with Crippen LogP contribution >= 0.6 is 0 Å². The molecule has 2 saturated heterocycles. The molecule has 2 aliphatic heterocycles. The van der Waals surface area contributed by atoms with E-state index in [0.29, 0.717) is 24.0 Å². The molecule has 0 spiro atoms. The van der Waals surface area contributed by atoms with E-state index in [1.54, 1.807) is 55.6 Å². The molecule has 25 N–H and O–H groups in total. The maximum atomic E-state index is 15.3. The lowest BCUT2D eigenvalue weighted by Crippen LogP contribution is -2.62. The summed E-state index contributed by atoms with van der Waals surface area (Å²) in [5.41, 5.74) is 24.7. The number of fused-ring (bicyclic) bond motifs is 2. The van der Waals surface area contributed by atoms with Crippen LogP contribution in [0.2, 0.25) is 0 Å². The van der Waals surface area contributed by atoms with Crippen molar-refractivity contribution in [2.75, 3.05) is 32.8 Å². The predicted octanol–water partition coefficient (Wildman–Crippen LogP) is -4.35. The second-order valence-electron chi connectivity index (χ2n) is 28.8. The third kappa shape index (κ3) is 31.0. The van der Waals surface area contributed by atoms with Crippen molar-refractivity contribution < 1.29 is 87.2 Å². The summed E-state index contributed by atoms with van der Waals surface area (Å²) in [7, 11) is 0. The van der Waals surface area contributed by atoms with E-state index in [0.717, 1.165) is 48.4 Å². The van der Waals surface area contributed by atoms with Crippen molar-refractivity contribution in [2.45, 2.75) is 241 Å². The molecule has 2 aromatic carbocycles. The largest absolute Gasteiger partial charge is 0.394 e. The summed E-state index contributed by atoms with van der Waals surface area (Å²) in [6, 6.07) is -1.93. The van der Waals surface area contributed by atoms with Gasteiger partial charge in [-0.3, -0.25) is 76.9 Å². The van der Waals surface area contributed by atoms with E-state index in [1.165, 1.54) is 12.5 Å². The van der Waals surface area contributed by atoms with E-state index in [1.807, 2.05) is 19.1 Å². The summed E-state index contributed by atoms with van der Waals surface area (Å²) in [6.07, 6.45) is 3.35. The molecule has 0 saturated carbocycles. The number of amides is 15. The van der Waals surface area contributed by atoms with Crippen molar-refractivity contribution in [3.8, 4) is 0 Å². The highest BCUT2D eigenvalue weighted by molar-refractivity contribution is 6.00. The number of aromatic nitrogens is 3. The summed E-state index contributed by atoms with van der Waals surface area (Å²) in [5, 5.41) is 64.3. The average molecular weight is 1610 g/mol. The van der Waals surface area contributed by atoms with Gasteiger partial charge in [0.15, 0.2) is 5.96 Å². The minimum absolute atomic E-state index is 0.00906. The molecule has 4 heterocycles. The highest BCUT2D eigenvalue weighted by Gasteiger charge is 2.44. The third-order valence-corrected chi connectivity index (χ3v) is 19.5. The first kappa shape index (κ1) is 92.3. The molecule has 39 heteroatoms. The lowest BCUT2D eigenvalue weighted by molar-refractivity contribution is -0.143. The molecule has 13 atom stereocenters. The summed E-state index contributed by atoms with van der Waals surface area (Å²) >= 11 is 0. The first-order valence-corrected chi connectivity index (χ1v) is 39.0. The molecule has 0 aliphatic carbocycles. The second kappa shape index (κ2) is 47.8. The number of aliphatic imine (C=N–C) groups is 1. The highest BCUT2D eigenvalue weighted by Crippen LogP contribution is 2.24. The number of aliphatic hydroxyl groups is 3. The number of imidazole rings is 1. The summed E-state index contributed by atoms with van der Waals surface area (Å²) < 4.78 is 0. The number of carbonyl (C=O) groups excluding carboxylic acids is 15. The highest BCUT2D eigenvalue weighted by atomic mass is 16.3. The van der Waals surface area contributed by atoms with Crippen molar-refractivity contribution >= 4 is 105 Å². The van der Waals surface area contributed by atoms with Crippen LogP contribution in [0.3, 0.4) is 0 Å². The van der Waals surface area contributed by atoms with Crippen molar-refractivity contribution in [3.05, 3.63) is 90.1 Å². The van der Waals surface area contributed by atoms with Gasteiger partial charge in [-0.25, -0.2) is 4.98 Å². The Bertz CT molecular complexity index is 3970. The molecule has 630 valence electrons. The second-order valence-corrected chi connectivity index (χ2v) is 28.8. The number of H-pyrrole nitrogens is 2. The topological polar surface area (TPSA) is 625 Å². The summed E-state index contributed by atoms with van der Waals surface area (Å²) in [5.74, 6) is -14.1. The number of carbonyl (C=O) groups is 15. The Labute approximate surface area is 665 Å². The van der Waals surface area contributed by atoms with Gasteiger partial charge in [-0.05, 0) is 81.9 Å². The molecule has 15 amide bonds. The Kier molecular flexibility index (Phi) is 38.3. The molecule has 0 bridgehead atoms. The van der Waals surface area contributed by atoms with Gasteiger partial charge in [-0.2, -0.15) is 0 Å². The predicted molar refractivity (Wildman–Crippen MR) is 418 cm³/mol. The number of aliphatic hydroxyl groups excluding tert-OH is 3. The zero-order chi connectivity index (χ0) is 84.1.